The summed E-state index contributed by atoms with van der Waals surface area (Å²) in [4.78, 5) is 13.1. The molecule has 0 unspecified atom stereocenters. The first kappa shape index (κ1) is 22.2. The van der Waals surface area contributed by atoms with Crippen molar-refractivity contribution in [2.24, 2.45) is 0 Å². The molecule has 1 saturated heterocycles. The lowest BCUT2D eigenvalue weighted by Gasteiger charge is -2.36. The molecule has 1 aliphatic heterocycles. The molecule has 0 aliphatic carbocycles. The summed E-state index contributed by atoms with van der Waals surface area (Å²) in [5.74, 6) is 0.329. The summed E-state index contributed by atoms with van der Waals surface area (Å²) in [5, 5.41) is 10.5. The second-order valence-electron chi connectivity index (χ2n) is 6.69. The summed E-state index contributed by atoms with van der Waals surface area (Å²) in [6.45, 7) is 1.54. The van der Waals surface area contributed by atoms with E-state index < -0.39 is 15.4 Å². The summed E-state index contributed by atoms with van der Waals surface area (Å²) in [6, 6.07) is 8.77. The first-order valence-corrected chi connectivity index (χ1v) is 10.9. The minimum Gasteiger partial charge on any atom is -0.492 e. The number of halogens is 1. The van der Waals surface area contributed by atoms with Gasteiger partial charge in [0.05, 0.1) is 5.75 Å². The van der Waals surface area contributed by atoms with Gasteiger partial charge in [0.25, 0.3) is 5.91 Å². The molecule has 0 spiro atoms. The lowest BCUT2D eigenvalue weighted by atomic mass is 9.87. The number of ether oxygens (including phenoxy) is 1. The number of nitrogens with zero attached hydrogens (tertiary/aromatic N) is 2. The van der Waals surface area contributed by atoms with Crippen LogP contribution >= 0.6 is 12.4 Å². The third kappa shape index (κ3) is 5.46. The number of hydrogen-bond acceptors (Lipinski definition) is 6. The number of carbonyl (C=O) groups is 1. The van der Waals surface area contributed by atoms with Crippen molar-refractivity contribution in [3.8, 4) is 5.75 Å². The van der Waals surface area contributed by atoms with Gasteiger partial charge in [-0.3, -0.25) is 9.48 Å². The highest BCUT2D eigenvalue weighted by molar-refractivity contribution is 7.90. The molecule has 0 radical (unpaired) electrons. The van der Waals surface area contributed by atoms with Crippen LogP contribution in [0.2, 0.25) is 0 Å². The molecule has 8 nitrogen and oxygen atoms in total. The number of nitrogens with one attached hydrogen (secondary N) is 2. The number of carbonyl (C=O) groups excluding carboxylic acids is 1. The van der Waals surface area contributed by atoms with Crippen molar-refractivity contribution in [3.63, 3.8) is 0 Å². The number of sulfone groups is 1. The fourth-order valence-corrected chi connectivity index (χ4v) is 3.53. The summed E-state index contributed by atoms with van der Waals surface area (Å²) < 4.78 is 29.6. The largest absolute Gasteiger partial charge is 0.492 e. The van der Waals surface area contributed by atoms with Crippen LogP contribution in [0.25, 0.3) is 0 Å². The van der Waals surface area contributed by atoms with Crippen LogP contribution in [-0.4, -0.2) is 55.8 Å². The smallest absolute Gasteiger partial charge is 0.252 e. The minimum atomic E-state index is -3.08. The number of hydrogen-bond donors (Lipinski definition) is 2. The van der Waals surface area contributed by atoms with Gasteiger partial charge in [0, 0.05) is 30.4 Å². The lowest BCUT2D eigenvalue weighted by Crippen LogP contribution is -2.52. The molecular weight excluding hydrogens is 404 g/mol. The summed E-state index contributed by atoms with van der Waals surface area (Å²) >= 11 is 0. The zero-order chi connectivity index (χ0) is 19.3. The molecule has 2 aromatic rings. The first-order chi connectivity index (χ1) is 12.9. The number of rotatable bonds is 7. The molecule has 1 aliphatic rings. The number of anilines is 1. The van der Waals surface area contributed by atoms with Gasteiger partial charge in [-0.25, -0.2) is 8.42 Å². The maximum absolute atomic E-state index is 13.1. The molecule has 154 valence electrons. The first-order valence-electron chi connectivity index (χ1n) is 8.82. The second-order valence-corrected chi connectivity index (χ2v) is 8.95. The van der Waals surface area contributed by atoms with E-state index >= 15 is 0 Å². The zero-order valence-corrected chi connectivity index (χ0v) is 17.3. The molecule has 0 bridgehead atoms. The van der Waals surface area contributed by atoms with Gasteiger partial charge < -0.3 is 15.4 Å². The van der Waals surface area contributed by atoms with Gasteiger partial charge in [-0.2, -0.15) is 5.10 Å². The van der Waals surface area contributed by atoms with E-state index in [1.54, 1.807) is 35.1 Å². The monoisotopic (exact) mass is 428 g/mol. The van der Waals surface area contributed by atoms with Crippen molar-refractivity contribution in [2.45, 2.75) is 18.4 Å². The summed E-state index contributed by atoms with van der Waals surface area (Å²) in [5.41, 5.74) is -0.135. The van der Waals surface area contributed by atoms with Crippen molar-refractivity contribution >= 4 is 33.8 Å². The third-order valence-electron chi connectivity index (χ3n) is 4.61. The maximum Gasteiger partial charge on any atom is 0.252 e. The Bertz CT molecular complexity index is 881. The van der Waals surface area contributed by atoms with E-state index in [2.05, 4.69) is 15.7 Å². The van der Waals surface area contributed by atoms with Crippen molar-refractivity contribution in [1.82, 2.24) is 15.1 Å². The molecule has 2 heterocycles. The van der Waals surface area contributed by atoms with Crippen molar-refractivity contribution in [1.29, 1.82) is 0 Å². The number of piperidine rings is 1. The minimum absolute atomic E-state index is 0. The molecule has 2 N–H and O–H groups in total. The van der Waals surface area contributed by atoms with Gasteiger partial charge in [-0.1, -0.05) is 6.07 Å². The van der Waals surface area contributed by atoms with Crippen LogP contribution in [0.1, 0.15) is 12.8 Å². The van der Waals surface area contributed by atoms with E-state index in [4.69, 9.17) is 4.74 Å². The molecule has 1 aromatic carbocycles. The van der Waals surface area contributed by atoms with Crippen molar-refractivity contribution < 1.29 is 17.9 Å². The predicted molar refractivity (Wildman–Crippen MR) is 110 cm³/mol. The fraction of sp³-hybridized carbons (Fsp3) is 0.444. The van der Waals surface area contributed by atoms with E-state index in [-0.39, 0.29) is 30.7 Å². The Morgan fingerprint density at radius 1 is 1.32 bits per heavy atom. The SMILES string of the molecule is CS(=O)(=O)CCOc1cccc(NC(=O)C2(n3cccn3)CCNCC2)c1.Cl. The molecule has 1 amide bonds. The Morgan fingerprint density at radius 2 is 2.07 bits per heavy atom. The van der Waals surface area contributed by atoms with Crippen LogP contribution in [-0.2, 0) is 20.2 Å². The molecule has 1 aromatic heterocycles. The molecule has 1 fully saturated rings. The average Bonchev–Trinajstić information content (AvgIpc) is 3.17. The Morgan fingerprint density at radius 3 is 2.71 bits per heavy atom. The van der Waals surface area contributed by atoms with E-state index in [0.29, 0.717) is 24.3 Å². The van der Waals surface area contributed by atoms with Crippen LogP contribution in [0.15, 0.2) is 42.7 Å². The van der Waals surface area contributed by atoms with Crippen LogP contribution < -0.4 is 15.4 Å². The normalized spacial score (nSPS) is 16.0. The van der Waals surface area contributed by atoms with Gasteiger partial charge >= 0.3 is 0 Å². The zero-order valence-electron chi connectivity index (χ0n) is 15.6. The Kier molecular flexibility index (Phi) is 7.45. The number of aromatic nitrogens is 2. The molecule has 0 saturated carbocycles. The Labute approximate surface area is 171 Å². The lowest BCUT2D eigenvalue weighted by molar-refractivity contribution is -0.126. The highest BCUT2D eigenvalue weighted by atomic mass is 35.5. The fourth-order valence-electron chi connectivity index (χ4n) is 3.14. The topological polar surface area (TPSA) is 102 Å². The molecule has 10 heteroatoms. The van der Waals surface area contributed by atoms with Crippen LogP contribution in [0.5, 0.6) is 5.75 Å². The Balaban J connectivity index is 0.00000280. The van der Waals surface area contributed by atoms with Gasteiger partial charge in [-0.15, -0.1) is 12.4 Å². The summed E-state index contributed by atoms with van der Waals surface area (Å²) in [6.07, 6.45) is 5.94. The van der Waals surface area contributed by atoms with Crippen LogP contribution in [0.3, 0.4) is 0 Å². The molecule has 28 heavy (non-hydrogen) atoms. The van der Waals surface area contributed by atoms with Gasteiger partial charge in [0.15, 0.2) is 9.84 Å². The van der Waals surface area contributed by atoms with E-state index in [9.17, 15) is 13.2 Å². The van der Waals surface area contributed by atoms with E-state index in [1.165, 1.54) is 6.26 Å². The highest BCUT2D eigenvalue weighted by Crippen LogP contribution is 2.29. The average molecular weight is 429 g/mol. The van der Waals surface area contributed by atoms with Gasteiger partial charge in [-0.05, 0) is 44.1 Å². The van der Waals surface area contributed by atoms with Crippen molar-refractivity contribution in [3.05, 3.63) is 42.7 Å². The highest BCUT2D eigenvalue weighted by Gasteiger charge is 2.42. The van der Waals surface area contributed by atoms with Crippen LogP contribution in [0.4, 0.5) is 5.69 Å². The molecule has 3 rings (SSSR count). The van der Waals surface area contributed by atoms with E-state index in [1.807, 2.05) is 12.3 Å². The third-order valence-corrected chi connectivity index (χ3v) is 5.52. The summed E-state index contributed by atoms with van der Waals surface area (Å²) in [7, 11) is -3.08. The van der Waals surface area contributed by atoms with E-state index in [0.717, 1.165) is 13.1 Å². The maximum atomic E-state index is 13.1. The number of benzene rings is 1. The Hall–Kier alpha value is -2.10. The predicted octanol–water partition coefficient (Wildman–Crippen LogP) is 1.45. The standard InChI is InChI=1S/C18H24N4O4S.ClH/c1-27(24,25)13-12-26-16-5-2-4-15(14-16)21-17(23)18(6-9-19-10-7-18)22-11-3-8-20-22;/h2-5,8,11,14,19H,6-7,9-10,12-13H2,1H3,(H,21,23);1H. The van der Waals surface area contributed by atoms with Crippen molar-refractivity contribution in [2.75, 3.05) is 37.0 Å². The number of amides is 1. The second kappa shape index (κ2) is 9.40. The molecule has 0 atom stereocenters. The molecular formula is C18H25ClN4O4S. The van der Waals surface area contributed by atoms with Crippen LogP contribution in [0, 0.1) is 0 Å². The van der Waals surface area contributed by atoms with Gasteiger partial charge in [0.2, 0.25) is 0 Å². The van der Waals surface area contributed by atoms with Gasteiger partial charge in [0.1, 0.15) is 17.9 Å². The quantitative estimate of drug-likeness (QED) is 0.691.